The van der Waals surface area contributed by atoms with Crippen molar-refractivity contribution in [3.05, 3.63) is 28.5 Å². The number of nitriles is 1. The van der Waals surface area contributed by atoms with Crippen molar-refractivity contribution in [2.24, 2.45) is 0 Å². The molecule has 0 saturated heterocycles. The standard InChI is InChI=1S/C9H4F3N5OS/c10-9(11,12)7-16-17-8(19-7)15-6(18)5-2-1-4(3-13)14-5/h1-2,14H,(H,15,17,18). The summed E-state index contributed by atoms with van der Waals surface area (Å²) in [4.78, 5) is 14.1. The van der Waals surface area contributed by atoms with E-state index in [1.165, 1.54) is 12.1 Å². The molecule has 0 radical (unpaired) electrons. The molecule has 0 unspecified atom stereocenters. The van der Waals surface area contributed by atoms with E-state index in [1.807, 2.05) is 0 Å². The number of amides is 1. The fraction of sp³-hybridized carbons (Fsp3) is 0.111. The fourth-order valence-corrected chi connectivity index (χ4v) is 1.75. The molecule has 2 N–H and O–H groups in total. The molecular weight excluding hydrogens is 283 g/mol. The Kier molecular flexibility index (Phi) is 3.22. The maximum Gasteiger partial charge on any atom is 0.445 e. The average Bonchev–Trinajstić information content (AvgIpc) is 2.95. The van der Waals surface area contributed by atoms with Gasteiger partial charge in [0, 0.05) is 0 Å². The molecule has 2 heterocycles. The zero-order valence-corrected chi connectivity index (χ0v) is 9.76. The van der Waals surface area contributed by atoms with E-state index in [-0.39, 0.29) is 27.9 Å². The summed E-state index contributed by atoms with van der Waals surface area (Å²) in [5, 5.41) is 15.4. The van der Waals surface area contributed by atoms with E-state index in [2.05, 4.69) is 20.5 Å². The van der Waals surface area contributed by atoms with Crippen LogP contribution in [-0.4, -0.2) is 21.1 Å². The van der Waals surface area contributed by atoms with Crippen LogP contribution in [0.2, 0.25) is 0 Å². The molecule has 2 aromatic rings. The van der Waals surface area contributed by atoms with Gasteiger partial charge in [-0.3, -0.25) is 10.1 Å². The molecule has 0 bridgehead atoms. The van der Waals surface area contributed by atoms with E-state index in [0.717, 1.165) is 0 Å². The highest BCUT2D eigenvalue weighted by Crippen LogP contribution is 2.33. The van der Waals surface area contributed by atoms with Gasteiger partial charge >= 0.3 is 6.18 Å². The van der Waals surface area contributed by atoms with Gasteiger partial charge in [-0.15, -0.1) is 10.2 Å². The number of hydrogen-bond acceptors (Lipinski definition) is 5. The highest BCUT2D eigenvalue weighted by Gasteiger charge is 2.35. The highest BCUT2D eigenvalue weighted by atomic mass is 32.1. The fourth-order valence-electron chi connectivity index (χ4n) is 1.15. The van der Waals surface area contributed by atoms with E-state index in [0.29, 0.717) is 0 Å². The van der Waals surface area contributed by atoms with E-state index in [4.69, 9.17) is 5.26 Å². The van der Waals surface area contributed by atoms with Crippen LogP contribution in [0.3, 0.4) is 0 Å². The van der Waals surface area contributed by atoms with Crippen LogP contribution in [0.25, 0.3) is 0 Å². The van der Waals surface area contributed by atoms with Gasteiger partial charge in [-0.1, -0.05) is 11.3 Å². The van der Waals surface area contributed by atoms with Crippen molar-refractivity contribution < 1.29 is 18.0 Å². The van der Waals surface area contributed by atoms with Crippen molar-refractivity contribution in [1.82, 2.24) is 15.2 Å². The molecule has 0 aliphatic carbocycles. The largest absolute Gasteiger partial charge is 0.445 e. The lowest BCUT2D eigenvalue weighted by Gasteiger charge is -1.98. The predicted molar refractivity (Wildman–Crippen MR) is 58.4 cm³/mol. The number of nitrogens with zero attached hydrogens (tertiary/aromatic N) is 3. The van der Waals surface area contributed by atoms with Crippen LogP contribution in [0.1, 0.15) is 21.2 Å². The van der Waals surface area contributed by atoms with Crippen LogP contribution in [0.5, 0.6) is 0 Å². The summed E-state index contributed by atoms with van der Waals surface area (Å²) < 4.78 is 36.8. The molecule has 0 spiro atoms. The topological polar surface area (TPSA) is 94.5 Å². The molecule has 0 aliphatic heterocycles. The van der Waals surface area contributed by atoms with Gasteiger partial charge < -0.3 is 4.98 Å². The first-order chi connectivity index (χ1) is 8.90. The Balaban J connectivity index is 2.11. The summed E-state index contributed by atoms with van der Waals surface area (Å²) in [6.07, 6.45) is -4.60. The second-order valence-electron chi connectivity index (χ2n) is 3.26. The van der Waals surface area contributed by atoms with Crippen LogP contribution in [-0.2, 0) is 6.18 Å². The Morgan fingerprint density at radius 1 is 1.42 bits per heavy atom. The van der Waals surface area contributed by atoms with Crippen LogP contribution in [0, 0.1) is 11.3 Å². The highest BCUT2D eigenvalue weighted by molar-refractivity contribution is 7.15. The van der Waals surface area contributed by atoms with Crippen molar-refractivity contribution in [3.63, 3.8) is 0 Å². The molecule has 0 fully saturated rings. The Bertz CT molecular complexity index is 653. The minimum Gasteiger partial charge on any atom is -0.342 e. The summed E-state index contributed by atoms with van der Waals surface area (Å²) in [5.41, 5.74) is 0.207. The molecule has 19 heavy (non-hydrogen) atoms. The molecule has 2 rings (SSSR count). The third-order valence-electron chi connectivity index (χ3n) is 1.94. The van der Waals surface area contributed by atoms with Crippen LogP contribution in [0.15, 0.2) is 12.1 Å². The lowest BCUT2D eigenvalue weighted by molar-refractivity contribution is -0.138. The first-order valence-electron chi connectivity index (χ1n) is 4.71. The number of nitrogens with one attached hydrogen (secondary N) is 2. The molecule has 10 heteroatoms. The maximum atomic E-state index is 12.3. The number of carbonyl (C=O) groups excluding carboxylic acids is 1. The smallest absolute Gasteiger partial charge is 0.342 e. The third kappa shape index (κ3) is 2.89. The Morgan fingerprint density at radius 3 is 2.68 bits per heavy atom. The quantitative estimate of drug-likeness (QED) is 0.883. The minimum absolute atomic E-state index is 0.0420. The second kappa shape index (κ2) is 4.69. The first kappa shape index (κ1) is 13.0. The molecule has 0 saturated carbocycles. The summed E-state index contributed by atoms with van der Waals surface area (Å²) in [7, 11) is 0. The predicted octanol–water partition coefficient (Wildman–Crippen LogP) is 2.01. The molecule has 98 valence electrons. The number of carbonyl (C=O) groups is 1. The Morgan fingerprint density at radius 2 is 2.16 bits per heavy atom. The van der Waals surface area contributed by atoms with Gasteiger partial charge in [-0.2, -0.15) is 18.4 Å². The molecule has 1 amide bonds. The number of rotatable bonds is 2. The lowest BCUT2D eigenvalue weighted by atomic mass is 10.4. The van der Waals surface area contributed by atoms with E-state index < -0.39 is 17.1 Å². The van der Waals surface area contributed by atoms with Gasteiger partial charge in [-0.25, -0.2) is 0 Å². The van der Waals surface area contributed by atoms with Crippen LogP contribution in [0.4, 0.5) is 18.3 Å². The molecular formula is C9H4F3N5OS. The summed E-state index contributed by atoms with van der Waals surface area (Å²) in [6.45, 7) is 0. The third-order valence-corrected chi connectivity index (χ3v) is 2.82. The van der Waals surface area contributed by atoms with Crippen molar-refractivity contribution >= 4 is 22.4 Å². The summed E-state index contributed by atoms with van der Waals surface area (Å²) >= 11 is 0.217. The molecule has 6 nitrogen and oxygen atoms in total. The second-order valence-corrected chi connectivity index (χ2v) is 4.24. The number of aromatic nitrogens is 3. The molecule has 2 aromatic heterocycles. The Labute approximate surface area is 107 Å². The first-order valence-corrected chi connectivity index (χ1v) is 5.53. The van der Waals surface area contributed by atoms with Gasteiger partial charge in [0.05, 0.1) is 0 Å². The average molecular weight is 287 g/mol. The molecule has 0 aliphatic rings. The van der Waals surface area contributed by atoms with Crippen LogP contribution >= 0.6 is 11.3 Å². The number of halogens is 3. The van der Waals surface area contributed by atoms with Crippen molar-refractivity contribution in [1.29, 1.82) is 5.26 Å². The SMILES string of the molecule is N#Cc1ccc(C(=O)Nc2nnc(C(F)(F)F)s2)[nH]1. The molecule has 0 atom stereocenters. The van der Waals surface area contributed by atoms with E-state index >= 15 is 0 Å². The van der Waals surface area contributed by atoms with Gasteiger partial charge in [-0.05, 0) is 12.1 Å². The zero-order valence-electron chi connectivity index (χ0n) is 8.95. The Hall–Kier alpha value is -2.41. The lowest BCUT2D eigenvalue weighted by Crippen LogP contribution is -2.12. The van der Waals surface area contributed by atoms with Gasteiger partial charge in [0.15, 0.2) is 0 Å². The number of hydrogen-bond donors (Lipinski definition) is 2. The van der Waals surface area contributed by atoms with Crippen LogP contribution < -0.4 is 5.32 Å². The maximum absolute atomic E-state index is 12.3. The van der Waals surface area contributed by atoms with E-state index in [9.17, 15) is 18.0 Å². The molecule has 0 aromatic carbocycles. The monoisotopic (exact) mass is 287 g/mol. The van der Waals surface area contributed by atoms with Gasteiger partial charge in [0.1, 0.15) is 17.5 Å². The van der Waals surface area contributed by atoms with Crippen molar-refractivity contribution in [3.8, 4) is 6.07 Å². The summed E-state index contributed by atoms with van der Waals surface area (Å²) in [6, 6.07) is 4.48. The van der Waals surface area contributed by atoms with Crippen molar-refractivity contribution in [2.75, 3.05) is 5.32 Å². The number of aromatic amines is 1. The van der Waals surface area contributed by atoms with Gasteiger partial charge in [0.2, 0.25) is 10.1 Å². The van der Waals surface area contributed by atoms with E-state index in [1.54, 1.807) is 6.07 Å². The van der Waals surface area contributed by atoms with Gasteiger partial charge in [0.25, 0.3) is 5.91 Å². The van der Waals surface area contributed by atoms with Crippen molar-refractivity contribution in [2.45, 2.75) is 6.18 Å². The number of anilines is 1. The number of alkyl halides is 3. The minimum atomic E-state index is -4.60. The normalized spacial score (nSPS) is 11.1. The number of H-pyrrole nitrogens is 1. The zero-order chi connectivity index (χ0) is 14.0. The summed E-state index contributed by atoms with van der Waals surface area (Å²) in [5.74, 6) is -0.702.